The molecule has 4 heteroatoms. The van der Waals surface area contributed by atoms with Gasteiger partial charge in [-0.2, -0.15) is 0 Å². The summed E-state index contributed by atoms with van der Waals surface area (Å²) in [5.41, 5.74) is 0. The van der Waals surface area contributed by atoms with Crippen LogP contribution in [0, 0.1) is 0 Å². The van der Waals surface area contributed by atoms with Gasteiger partial charge >= 0.3 is 0 Å². The number of alkyl halides is 1. The fraction of sp³-hybridized carbons (Fsp3) is 1.00. The molecule has 0 aliphatic carbocycles. The normalized spacial score (nSPS) is 27.0. The highest BCUT2D eigenvalue weighted by Gasteiger charge is 2.18. The molecule has 1 saturated heterocycles. The number of ether oxygens (including phenoxy) is 2. The molecule has 1 N–H and O–H groups in total. The highest BCUT2D eigenvalue weighted by Crippen LogP contribution is 2.15. The zero-order valence-electron chi connectivity index (χ0n) is 7.04. The molecule has 1 aliphatic heterocycles. The summed E-state index contributed by atoms with van der Waals surface area (Å²) in [6.45, 7) is -0.262. The van der Waals surface area contributed by atoms with Crippen LogP contribution >= 0.6 is 0 Å². The number of hydrogen-bond donors (Lipinski definition) is 1. The van der Waals surface area contributed by atoms with Gasteiger partial charge in [0.15, 0.2) is 6.29 Å². The SMILES string of the molecule is OC[C@@H](CF)OC1CCCCO1. The van der Waals surface area contributed by atoms with Crippen LogP contribution in [0.25, 0.3) is 0 Å². The predicted molar refractivity (Wildman–Crippen MR) is 41.5 cm³/mol. The molecule has 0 aromatic carbocycles. The van der Waals surface area contributed by atoms with Crippen LogP contribution < -0.4 is 0 Å². The summed E-state index contributed by atoms with van der Waals surface area (Å²) >= 11 is 0. The first-order chi connectivity index (χ1) is 5.86. The third-order valence-electron chi connectivity index (χ3n) is 1.86. The Bertz CT molecular complexity index is 111. The van der Waals surface area contributed by atoms with E-state index in [1.54, 1.807) is 0 Å². The molecule has 0 aromatic rings. The number of aliphatic hydroxyl groups excluding tert-OH is 1. The molecular formula is C8H15FO3. The summed E-state index contributed by atoms with van der Waals surface area (Å²) in [6.07, 6.45) is 1.87. The number of rotatable bonds is 4. The Hall–Kier alpha value is -0.190. The van der Waals surface area contributed by atoms with Crippen molar-refractivity contribution < 1.29 is 19.0 Å². The topological polar surface area (TPSA) is 38.7 Å². The van der Waals surface area contributed by atoms with Crippen LogP contribution in [0.1, 0.15) is 19.3 Å². The van der Waals surface area contributed by atoms with Crippen LogP contribution in [-0.2, 0) is 9.47 Å². The number of hydrogen-bond acceptors (Lipinski definition) is 3. The van der Waals surface area contributed by atoms with Gasteiger partial charge in [-0.3, -0.25) is 0 Å². The van der Waals surface area contributed by atoms with Crippen molar-refractivity contribution in [3.8, 4) is 0 Å². The van der Waals surface area contributed by atoms with E-state index < -0.39 is 12.8 Å². The molecule has 72 valence electrons. The van der Waals surface area contributed by atoms with Crippen LogP contribution in [0.2, 0.25) is 0 Å². The Morgan fingerprint density at radius 2 is 2.42 bits per heavy atom. The van der Waals surface area contributed by atoms with Gasteiger partial charge in [0.2, 0.25) is 0 Å². The second-order valence-electron chi connectivity index (χ2n) is 2.89. The van der Waals surface area contributed by atoms with Gasteiger partial charge in [0, 0.05) is 6.61 Å². The first-order valence-corrected chi connectivity index (χ1v) is 4.30. The molecule has 1 heterocycles. The van der Waals surface area contributed by atoms with E-state index >= 15 is 0 Å². The summed E-state index contributed by atoms with van der Waals surface area (Å²) in [7, 11) is 0. The van der Waals surface area contributed by atoms with E-state index in [0.29, 0.717) is 6.61 Å². The van der Waals surface area contributed by atoms with E-state index in [1.165, 1.54) is 0 Å². The molecule has 12 heavy (non-hydrogen) atoms. The van der Waals surface area contributed by atoms with Gasteiger partial charge in [-0.05, 0) is 19.3 Å². The lowest BCUT2D eigenvalue weighted by Gasteiger charge is -2.25. The lowest BCUT2D eigenvalue weighted by molar-refractivity contribution is -0.197. The maximum Gasteiger partial charge on any atom is 0.158 e. The van der Waals surface area contributed by atoms with E-state index in [-0.39, 0.29) is 12.9 Å². The fourth-order valence-electron chi connectivity index (χ4n) is 1.16. The van der Waals surface area contributed by atoms with Crippen molar-refractivity contribution in [2.75, 3.05) is 19.9 Å². The lowest BCUT2D eigenvalue weighted by atomic mass is 10.2. The van der Waals surface area contributed by atoms with Gasteiger partial charge in [0.05, 0.1) is 6.61 Å². The van der Waals surface area contributed by atoms with E-state index in [0.717, 1.165) is 19.3 Å². The lowest BCUT2D eigenvalue weighted by Crippen LogP contribution is -2.31. The quantitative estimate of drug-likeness (QED) is 0.694. The van der Waals surface area contributed by atoms with Gasteiger partial charge in [-0.15, -0.1) is 0 Å². The molecule has 0 spiro atoms. The molecule has 1 rings (SSSR count). The van der Waals surface area contributed by atoms with Crippen LogP contribution in [0.3, 0.4) is 0 Å². The van der Waals surface area contributed by atoms with Crippen molar-refractivity contribution in [3.63, 3.8) is 0 Å². The average Bonchev–Trinajstić information content (AvgIpc) is 2.16. The number of aliphatic hydroxyl groups is 1. The molecule has 0 saturated carbocycles. The summed E-state index contributed by atoms with van der Waals surface area (Å²) in [6, 6.07) is 0. The summed E-state index contributed by atoms with van der Waals surface area (Å²) in [5, 5.41) is 8.64. The third kappa shape index (κ3) is 3.05. The summed E-state index contributed by atoms with van der Waals surface area (Å²) < 4.78 is 22.4. The van der Waals surface area contributed by atoms with Gasteiger partial charge in [-0.25, -0.2) is 4.39 Å². The van der Waals surface area contributed by atoms with Crippen molar-refractivity contribution in [1.82, 2.24) is 0 Å². The average molecular weight is 178 g/mol. The first kappa shape index (κ1) is 9.89. The smallest absolute Gasteiger partial charge is 0.158 e. The highest BCUT2D eigenvalue weighted by molar-refractivity contribution is 4.59. The van der Waals surface area contributed by atoms with Crippen molar-refractivity contribution in [3.05, 3.63) is 0 Å². The minimum absolute atomic E-state index is 0.281. The maximum absolute atomic E-state index is 12.1. The van der Waals surface area contributed by atoms with Crippen LogP contribution in [-0.4, -0.2) is 37.4 Å². The van der Waals surface area contributed by atoms with Crippen molar-refractivity contribution >= 4 is 0 Å². The summed E-state index contributed by atoms with van der Waals surface area (Å²) in [5.74, 6) is 0. The van der Waals surface area contributed by atoms with Crippen LogP contribution in [0.5, 0.6) is 0 Å². The Balaban J connectivity index is 2.18. The number of halogens is 1. The van der Waals surface area contributed by atoms with Crippen molar-refractivity contribution in [2.45, 2.75) is 31.7 Å². The standard InChI is InChI=1S/C8H15FO3/c9-5-7(6-10)12-8-3-1-2-4-11-8/h7-8,10H,1-6H2/t7-,8?/m1/s1. The minimum atomic E-state index is -0.715. The molecule has 2 atom stereocenters. The Kier molecular flexibility index (Phi) is 4.50. The largest absolute Gasteiger partial charge is 0.394 e. The highest BCUT2D eigenvalue weighted by atomic mass is 19.1. The van der Waals surface area contributed by atoms with Crippen LogP contribution in [0.15, 0.2) is 0 Å². The van der Waals surface area contributed by atoms with E-state index in [1.807, 2.05) is 0 Å². The second kappa shape index (κ2) is 5.45. The van der Waals surface area contributed by atoms with Gasteiger partial charge in [-0.1, -0.05) is 0 Å². The molecule has 0 bridgehead atoms. The molecule has 1 fully saturated rings. The van der Waals surface area contributed by atoms with E-state index in [2.05, 4.69) is 0 Å². The molecular weight excluding hydrogens is 163 g/mol. The minimum Gasteiger partial charge on any atom is -0.394 e. The Morgan fingerprint density at radius 1 is 1.58 bits per heavy atom. The monoisotopic (exact) mass is 178 g/mol. The van der Waals surface area contributed by atoms with Crippen molar-refractivity contribution in [2.24, 2.45) is 0 Å². The fourth-order valence-corrected chi connectivity index (χ4v) is 1.16. The molecule has 3 nitrogen and oxygen atoms in total. The first-order valence-electron chi connectivity index (χ1n) is 4.30. The zero-order chi connectivity index (χ0) is 8.81. The van der Waals surface area contributed by atoms with E-state index in [4.69, 9.17) is 14.6 Å². The zero-order valence-corrected chi connectivity index (χ0v) is 7.04. The van der Waals surface area contributed by atoms with Gasteiger partial charge < -0.3 is 14.6 Å². The predicted octanol–water partition coefficient (Wildman–Crippen LogP) is 0.860. The second-order valence-corrected chi connectivity index (χ2v) is 2.89. The third-order valence-corrected chi connectivity index (χ3v) is 1.86. The maximum atomic E-state index is 12.1. The molecule has 1 unspecified atom stereocenters. The van der Waals surface area contributed by atoms with Gasteiger partial charge in [0.25, 0.3) is 0 Å². The van der Waals surface area contributed by atoms with Crippen molar-refractivity contribution in [1.29, 1.82) is 0 Å². The Labute approximate surface area is 71.5 Å². The molecule has 1 aliphatic rings. The molecule has 0 aromatic heterocycles. The van der Waals surface area contributed by atoms with Gasteiger partial charge in [0.1, 0.15) is 12.8 Å². The summed E-state index contributed by atoms with van der Waals surface area (Å²) in [4.78, 5) is 0. The molecule has 0 radical (unpaired) electrons. The molecule has 0 amide bonds. The Morgan fingerprint density at radius 3 is 2.92 bits per heavy atom. The van der Waals surface area contributed by atoms with E-state index in [9.17, 15) is 4.39 Å². The van der Waals surface area contributed by atoms with Crippen LogP contribution in [0.4, 0.5) is 4.39 Å².